The lowest BCUT2D eigenvalue weighted by molar-refractivity contribution is 0.0413. The second kappa shape index (κ2) is 8.96. The number of hydrogen-bond donors (Lipinski definition) is 0. The standard InChI is InChI=1S/C22H22O6S/c1-16-7-6-8-17(2)21(16)26-13-14-27-22(23)20-12-11-18(28-20)15-29(24,25)19-9-4-3-5-10-19/h3-12H,13-15H2,1-2H3. The molecule has 1 heterocycles. The first-order valence-electron chi connectivity index (χ1n) is 9.09. The van der Waals surface area contributed by atoms with E-state index in [1.54, 1.807) is 18.2 Å². The highest BCUT2D eigenvalue weighted by Gasteiger charge is 2.19. The zero-order valence-electron chi connectivity index (χ0n) is 16.3. The number of carbonyl (C=O) groups is 1. The highest BCUT2D eigenvalue weighted by atomic mass is 32.2. The summed E-state index contributed by atoms with van der Waals surface area (Å²) in [6.07, 6.45) is 0. The molecule has 3 aromatic rings. The summed E-state index contributed by atoms with van der Waals surface area (Å²) < 4.78 is 41.0. The number of rotatable bonds is 8. The van der Waals surface area contributed by atoms with E-state index in [0.717, 1.165) is 16.9 Å². The van der Waals surface area contributed by atoms with Crippen molar-refractivity contribution in [1.29, 1.82) is 0 Å². The van der Waals surface area contributed by atoms with Crippen LogP contribution in [0.1, 0.15) is 27.4 Å². The van der Waals surface area contributed by atoms with Crippen LogP contribution < -0.4 is 4.74 Å². The molecule has 1 aromatic heterocycles. The van der Waals surface area contributed by atoms with Gasteiger partial charge in [-0.3, -0.25) is 0 Å². The summed E-state index contributed by atoms with van der Waals surface area (Å²) in [5.41, 5.74) is 2.01. The molecule has 0 amide bonds. The number of carbonyl (C=O) groups excluding carboxylic acids is 1. The minimum Gasteiger partial charge on any atom is -0.489 e. The number of para-hydroxylation sites is 1. The number of furan rings is 1. The second-order valence-corrected chi connectivity index (χ2v) is 8.53. The van der Waals surface area contributed by atoms with Crippen LogP contribution in [0.3, 0.4) is 0 Å². The van der Waals surface area contributed by atoms with Gasteiger partial charge in [0, 0.05) is 0 Å². The Labute approximate surface area is 170 Å². The number of ether oxygens (including phenoxy) is 2. The number of aryl methyl sites for hydroxylation is 2. The normalized spacial score (nSPS) is 11.2. The van der Waals surface area contributed by atoms with Crippen LogP contribution in [-0.4, -0.2) is 27.6 Å². The minimum atomic E-state index is -3.55. The van der Waals surface area contributed by atoms with Crippen molar-refractivity contribution in [3.8, 4) is 5.75 Å². The summed E-state index contributed by atoms with van der Waals surface area (Å²) in [7, 11) is -3.55. The maximum absolute atomic E-state index is 12.4. The second-order valence-electron chi connectivity index (χ2n) is 6.54. The van der Waals surface area contributed by atoms with E-state index < -0.39 is 15.8 Å². The number of benzene rings is 2. The van der Waals surface area contributed by atoms with Gasteiger partial charge in [-0.2, -0.15) is 0 Å². The number of sulfone groups is 1. The van der Waals surface area contributed by atoms with Crippen LogP contribution in [0.15, 0.2) is 70.0 Å². The average molecular weight is 414 g/mol. The van der Waals surface area contributed by atoms with E-state index in [1.807, 2.05) is 32.0 Å². The van der Waals surface area contributed by atoms with Gasteiger partial charge in [0.25, 0.3) is 0 Å². The largest absolute Gasteiger partial charge is 0.489 e. The molecule has 3 rings (SSSR count). The van der Waals surface area contributed by atoms with Gasteiger partial charge in [0.15, 0.2) is 9.84 Å². The molecule has 0 aliphatic carbocycles. The van der Waals surface area contributed by atoms with Crippen molar-refractivity contribution >= 4 is 15.8 Å². The van der Waals surface area contributed by atoms with E-state index in [1.165, 1.54) is 24.3 Å². The van der Waals surface area contributed by atoms with Gasteiger partial charge in [-0.15, -0.1) is 0 Å². The number of hydrogen-bond acceptors (Lipinski definition) is 6. The minimum absolute atomic E-state index is 0.0460. The van der Waals surface area contributed by atoms with Crippen molar-refractivity contribution < 1.29 is 27.1 Å². The van der Waals surface area contributed by atoms with E-state index in [-0.39, 0.29) is 35.4 Å². The highest BCUT2D eigenvalue weighted by Crippen LogP contribution is 2.22. The van der Waals surface area contributed by atoms with Crippen LogP contribution in [0.5, 0.6) is 5.75 Å². The fourth-order valence-corrected chi connectivity index (χ4v) is 4.11. The predicted octanol–water partition coefficient (Wildman–Crippen LogP) is 4.11. The lowest BCUT2D eigenvalue weighted by Crippen LogP contribution is -2.12. The molecule has 0 unspecified atom stereocenters. The van der Waals surface area contributed by atoms with E-state index in [4.69, 9.17) is 13.9 Å². The molecule has 0 bridgehead atoms. The molecule has 0 atom stereocenters. The SMILES string of the molecule is Cc1cccc(C)c1OCCOC(=O)c1ccc(CS(=O)(=O)c2ccccc2)o1. The van der Waals surface area contributed by atoms with Gasteiger partial charge in [-0.1, -0.05) is 36.4 Å². The summed E-state index contributed by atoms with van der Waals surface area (Å²) in [4.78, 5) is 12.3. The van der Waals surface area contributed by atoms with Crippen LogP contribution in [0.25, 0.3) is 0 Å². The van der Waals surface area contributed by atoms with Crippen molar-refractivity contribution in [1.82, 2.24) is 0 Å². The van der Waals surface area contributed by atoms with Gasteiger partial charge in [-0.25, -0.2) is 13.2 Å². The fourth-order valence-electron chi connectivity index (χ4n) is 2.84. The Bertz CT molecular complexity index is 1060. The predicted molar refractivity (Wildman–Crippen MR) is 108 cm³/mol. The summed E-state index contributed by atoms with van der Waals surface area (Å²) >= 11 is 0. The first kappa shape index (κ1) is 20.7. The van der Waals surface area contributed by atoms with Crippen molar-refractivity contribution in [2.24, 2.45) is 0 Å². The molecule has 7 heteroatoms. The van der Waals surface area contributed by atoms with E-state index >= 15 is 0 Å². The Balaban J connectivity index is 1.53. The molecule has 29 heavy (non-hydrogen) atoms. The molecule has 0 aliphatic rings. The highest BCUT2D eigenvalue weighted by molar-refractivity contribution is 7.90. The quantitative estimate of drug-likeness (QED) is 0.408. The average Bonchev–Trinajstić information content (AvgIpc) is 3.15. The fraction of sp³-hybridized carbons (Fsp3) is 0.227. The van der Waals surface area contributed by atoms with Gasteiger partial charge >= 0.3 is 5.97 Å². The topological polar surface area (TPSA) is 82.8 Å². The third-order valence-electron chi connectivity index (χ3n) is 4.27. The molecule has 0 radical (unpaired) electrons. The summed E-state index contributed by atoms with van der Waals surface area (Å²) in [6.45, 7) is 4.14. The number of esters is 1. The van der Waals surface area contributed by atoms with Crippen molar-refractivity contribution in [2.75, 3.05) is 13.2 Å². The molecule has 0 saturated heterocycles. The molecule has 0 aliphatic heterocycles. The van der Waals surface area contributed by atoms with E-state index in [9.17, 15) is 13.2 Å². The van der Waals surface area contributed by atoms with Crippen molar-refractivity contribution in [3.63, 3.8) is 0 Å². The van der Waals surface area contributed by atoms with Crippen LogP contribution in [0.2, 0.25) is 0 Å². The Morgan fingerprint density at radius 1 is 0.897 bits per heavy atom. The zero-order chi connectivity index (χ0) is 20.9. The Morgan fingerprint density at radius 2 is 1.59 bits per heavy atom. The maximum Gasteiger partial charge on any atom is 0.374 e. The van der Waals surface area contributed by atoms with Gasteiger partial charge in [0.05, 0.1) is 4.90 Å². The van der Waals surface area contributed by atoms with Gasteiger partial charge in [-0.05, 0) is 49.2 Å². The lowest BCUT2D eigenvalue weighted by Gasteiger charge is -2.11. The zero-order valence-corrected chi connectivity index (χ0v) is 17.1. The van der Waals surface area contributed by atoms with Crippen LogP contribution in [-0.2, 0) is 20.3 Å². The molecule has 0 fully saturated rings. The van der Waals surface area contributed by atoms with Crippen molar-refractivity contribution in [3.05, 3.63) is 83.3 Å². The molecular formula is C22H22O6S. The summed E-state index contributed by atoms with van der Waals surface area (Å²) in [5.74, 6) is -0.101. The van der Waals surface area contributed by atoms with Gasteiger partial charge in [0.1, 0.15) is 30.5 Å². The van der Waals surface area contributed by atoms with E-state index in [2.05, 4.69) is 0 Å². The molecular weight excluding hydrogens is 392 g/mol. The lowest BCUT2D eigenvalue weighted by atomic mass is 10.1. The van der Waals surface area contributed by atoms with Gasteiger partial charge in [0.2, 0.25) is 5.76 Å². The van der Waals surface area contributed by atoms with Crippen LogP contribution >= 0.6 is 0 Å². The molecule has 2 aromatic carbocycles. The Hall–Kier alpha value is -3.06. The third kappa shape index (κ3) is 5.26. The molecule has 6 nitrogen and oxygen atoms in total. The molecule has 152 valence electrons. The summed E-state index contributed by atoms with van der Waals surface area (Å²) in [6, 6.07) is 16.8. The Kier molecular flexibility index (Phi) is 6.39. The van der Waals surface area contributed by atoms with Crippen LogP contribution in [0.4, 0.5) is 0 Å². The maximum atomic E-state index is 12.4. The summed E-state index contributed by atoms with van der Waals surface area (Å²) in [5, 5.41) is 0. The van der Waals surface area contributed by atoms with Crippen molar-refractivity contribution in [2.45, 2.75) is 24.5 Å². The first-order valence-corrected chi connectivity index (χ1v) is 10.7. The first-order chi connectivity index (χ1) is 13.9. The van der Waals surface area contributed by atoms with Gasteiger partial charge < -0.3 is 13.9 Å². The smallest absolute Gasteiger partial charge is 0.374 e. The molecule has 0 N–H and O–H groups in total. The molecule has 0 saturated carbocycles. The van der Waals surface area contributed by atoms with E-state index in [0.29, 0.717) is 0 Å². The Morgan fingerprint density at radius 3 is 2.28 bits per heavy atom. The van der Waals surface area contributed by atoms with Crippen LogP contribution in [0, 0.1) is 13.8 Å². The monoisotopic (exact) mass is 414 g/mol. The molecule has 0 spiro atoms. The third-order valence-corrected chi connectivity index (χ3v) is 5.92.